The summed E-state index contributed by atoms with van der Waals surface area (Å²) in [6.45, 7) is 1.94. The van der Waals surface area contributed by atoms with Crippen LogP contribution in [0.2, 0.25) is 0 Å². The van der Waals surface area contributed by atoms with Gasteiger partial charge < -0.3 is 10.1 Å². The molecular formula is C9H13N3O2. The van der Waals surface area contributed by atoms with Gasteiger partial charge in [-0.15, -0.1) is 0 Å². The molecule has 1 rings (SSSR count). The van der Waals surface area contributed by atoms with E-state index in [1.807, 2.05) is 6.92 Å². The van der Waals surface area contributed by atoms with E-state index in [1.54, 1.807) is 0 Å². The number of nitrogens with one attached hydrogen (secondary N) is 1. The van der Waals surface area contributed by atoms with Crippen LogP contribution in [-0.4, -0.2) is 23.0 Å². The maximum Gasteiger partial charge on any atom is 0.233 e. The number of aromatic nitrogens is 2. The molecule has 1 aromatic rings. The van der Waals surface area contributed by atoms with Crippen molar-refractivity contribution in [2.45, 2.75) is 19.8 Å². The van der Waals surface area contributed by atoms with Crippen LogP contribution in [0.4, 0.5) is 5.82 Å². The van der Waals surface area contributed by atoms with E-state index in [-0.39, 0.29) is 5.91 Å². The molecule has 0 fully saturated rings. The van der Waals surface area contributed by atoms with Gasteiger partial charge in [0.05, 0.1) is 19.5 Å². The summed E-state index contributed by atoms with van der Waals surface area (Å²) < 4.78 is 4.87. The minimum absolute atomic E-state index is 0.0601. The van der Waals surface area contributed by atoms with Crippen molar-refractivity contribution >= 4 is 11.7 Å². The van der Waals surface area contributed by atoms with E-state index in [0.29, 0.717) is 18.1 Å². The second-order valence-electron chi connectivity index (χ2n) is 2.74. The number of nitrogens with zero attached hydrogens (tertiary/aromatic N) is 2. The average molecular weight is 195 g/mol. The average Bonchev–Trinajstić information content (AvgIpc) is 2.18. The lowest BCUT2D eigenvalue weighted by atomic mass is 10.3. The number of anilines is 1. The number of amides is 1. The highest BCUT2D eigenvalue weighted by atomic mass is 16.5. The van der Waals surface area contributed by atoms with Crippen molar-refractivity contribution in [3.63, 3.8) is 0 Å². The zero-order valence-corrected chi connectivity index (χ0v) is 8.28. The van der Waals surface area contributed by atoms with Gasteiger partial charge in [0.25, 0.3) is 0 Å². The molecule has 0 radical (unpaired) electrons. The predicted molar refractivity (Wildman–Crippen MR) is 52.1 cm³/mol. The van der Waals surface area contributed by atoms with Crippen LogP contribution < -0.4 is 10.1 Å². The molecule has 0 aliphatic rings. The Morgan fingerprint density at radius 3 is 3.00 bits per heavy atom. The molecule has 0 atom stereocenters. The molecule has 5 heteroatoms. The van der Waals surface area contributed by atoms with Gasteiger partial charge in [0.2, 0.25) is 11.8 Å². The lowest BCUT2D eigenvalue weighted by Crippen LogP contribution is -2.12. The van der Waals surface area contributed by atoms with E-state index < -0.39 is 0 Å². The fourth-order valence-corrected chi connectivity index (χ4v) is 0.939. The first-order valence-corrected chi connectivity index (χ1v) is 4.42. The number of hydrogen-bond acceptors (Lipinski definition) is 4. The number of ether oxygens (including phenoxy) is 1. The highest BCUT2D eigenvalue weighted by Gasteiger charge is 2.02. The Bertz CT molecular complexity index is 315. The number of carbonyl (C=O) groups is 1. The Labute approximate surface area is 82.5 Å². The zero-order chi connectivity index (χ0) is 10.4. The highest BCUT2D eigenvalue weighted by molar-refractivity contribution is 5.89. The minimum Gasteiger partial charge on any atom is -0.480 e. The van der Waals surface area contributed by atoms with Gasteiger partial charge in [-0.25, -0.2) is 0 Å². The van der Waals surface area contributed by atoms with Crippen LogP contribution in [0.15, 0.2) is 12.4 Å². The fraction of sp³-hybridized carbons (Fsp3) is 0.444. The minimum atomic E-state index is -0.0601. The van der Waals surface area contributed by atoms with E-state index >= 15 is 0 Å². The van der Waals surface area contributed by atoms with E-state index in [4.69, 9.17) is 4.74 Å². The van der Waals surface area contributed by atoms with E-state index in [1.165, 1.54) is 19.5 Å². The molecule has 0 aliphatic carbocycles. The standard InChI is InChI=1S/C9H13N3O2/c1-3-4-8(13)11-7-5-10-6-9(12-7)14-2/h5-6H,3-4H2,1-2H3,(H,11,12,13). The molecule has 0 bridgehead atoms. The summed E-state index contributed by atoms with van der Waals surface area (Å²) in [6.07, 6.45) is 4.26. The molecule has 0 spiro atoms. The van der Waals surface area contributed by atoms with Crippen molar-refractivity contribution in [2.75, 3.05) is 12.4 Å². The summed E-state index contributed by atoms with van der Waals surface area (Å²) in [7, 11) is 1.50. The van der Waals surface area contributed by atoms with Gasteiger partial charge >= 0.3 is 0 Å². The molecule has 5 nitrogen and oxygen atoms in total. The van der Waals surface area contributed by atoms with Crippen molar-refractivity contribution in [3.8, 4) is 5.88 Å². The van der Waals surface area contributed by atoms with Gasteiger partial charge in [0.15, 0.2) is 5.82 Å². The summed E-state index contributed by atoms with van der Waals surface area (Å²) >= 11 is 0. The molecule has 1 N–H and O–H groups in total. The third-order valence-electron chi connectivity index (χ3n) is 1.57. The molecule has 1 amide bonds. The Morgan fingerprint density at radius 2 is 2.36 bits per heavy atom. The largest absolute Gasteiger partial charge is 0.480 e. The van der Waals surface area contributed by atoms with E-state index in [9.17, 15) is 4.79 Å². The first kappa shape index (κ1) is 10.4. The smallest absolute Gasteiger partial charge is 0.233 e. The third-order valence-corrected chi connectivity index (χ3v) is 1.57. The molecule has 0 aliphatic heterocycles. The van der Waals surface area contributed by atoms with Crippen molar-refractivity contribution in [1.29, 1.82) is 0 Å². The number of hydrogen-bond donors (Lipinski definition) is 1. The summed E-state index contributed by atoms with van der Waals surface area (Å²) in [6, 6.07) is 0. The van der Waals surface area contributed by atoms with Crippen LogP contribution in [0.5, 0.6) is 5.88 Å². The van der Waals surface area contributed by atoms with E-state index in [0.717, 1.165) is 6.42 Å². The van der Waals surface area contributed by atoms with Crippen LogP contribution in [-0.2, 0) is 4.79 Å². The van der Waals surface area contributed by atoms with Crippen LogP contribution in [0.1, 0.15) is 19.8 Å². The van der Waals surface area contributed by atoms with Crippen molar-refractivity contribution in [1.82, 2.24) is 9.97 Å². The van der Waals surface area contributed by atoms with Crippen molar-refractivity contribution in [2.24, 2.45) is 0 Å². The Hall–Kier alpha value is -1.65. The number of carbonyl (C=O) groups excluding carboxylic acids is 1. The lowest BCUT2D eigenvalue weighted by Gasteiger charge is -2.03. The van der Waals surface area contributed by atoms with Crippen LogP contribution >= 0.6 is 0 Å². The van der Waals surface area contributed by atoms with Gasteiger partial charge in [-0.2, -0.15) is 4.98 Å². The SMILES string of the molecule is CCCC(=O)Nc1cncc(OC)n1. The van der Waals surface area contributed by atoms with Gasteiger partial charge in [-0.05, 0) is 6.42 Å². The summed E-state index contributed by atoms with van der Waals surface area (Å²) in [5.41, 5.74) is 0. The van der Waals surface area contributed by atoms with Crippen LogP contribution in [0, 0.1) is 0 Å². The third kappa shape index (κ3) is 3.01. The lowest BCUT2D eigenvalue weighted by molar-refractivity contribution is -0.116. The second-order valence-corrected chi connectivity index (χ2v) is 2.74. The molecule has 0 unspecified atom stereocenters. The summed E-state index contributed by atoms with van der Waals surface area (Å²) in [5, 5.41) is 2.62. The quantitative estimate of drug-likeness (QED) is 0.784. The normalized spacial score (nSPS) is 9.57. The van der Waals surface area contributed by atoms with Crippen LogP contribution in [0.25, 0.3) is 0 Å². The van der Waals surface area contributed by atoms with Gasteiger partial charge in [-0.3, -0.25) is 9.78 Å². The topological polar surface area (TPSA) is 64.1 Å². The Morgan fingerprint density at radius 1 is 1.57 bits per heavy atom. The maximum atomic E-state index is 11.2. The molecule has 0 aromatic carbocycles. The zero-order valence-electron chi connectivity index (χ0n) is 8.28. The molecule has 76 valence electrons. The van der Waals surface area contributed by atoms with Gasteiger partial charge in [0, 0.05) is 6.42 Å². The van der Waals surface area contributed by atoms with E-state index in [2.05, 4.69) is 15.3 Å². The maximum absolute atomic E-state index is 11.2. The monoisotopic (exact) mass is 195 g/mol. The van der Waals surface area contributed by atoms with Crippen molar-refractivity contribution < 1.29 is 9.53 Å². The first-order valence-electron chi connectivity index (χ1n) is 4.42. The predicted octanol–water partition coefficient (Wildman–Crippen LogP) is 1.22. The number of methoxy groups -OCH3 is 1. The summed E-state index contributed by atoms with van der Waals surface area (Å²) in [5.74, 6) is 0.747. The fourth-order valence-electron chi connectivity index (χ4n) is 0.939. The van der Waals surface area contributed by atoms with Gasteiger partial charge in [0.1, 0.15) is 0 Å². The second kappa shape index (κ2) is 5.16. The van der Waals surface area contributed by atoms with Gasteiger partial charge in [-0.1, -0.05) is 6.92 Å². The molecular weight excluding hydrogens is 182 g/mol. The van der Waals surface area contributed by atoms with Crippen LogP contribution in [0.3, 0.4) is 0 Å². The molecule has 0 saturated carbocycles. The van der Waals surface area contributed by atoms with Crippen molar-refractivity contribution in [3.05, 3.63) is 12.4 Å². The molecule has 1 heterocycles. The highest BCUT2D eigenvalue weighted by Crippen LogP contribution is 2.08. The number of rotatable bonds is 4. The Kier molecular flexibility index (Phi) is 3.84. The molecule has 0 saturated heterocycles. The first-order chi connectivity index (χ1) is 6.76. The summed E-state index contributed by atoms with van der Waals surface area (Å²) in [4.78, 5) is 19.1. The molecule has 14 heavy (non-hydrogen) atoms. The Balaban J connectivity index is 2.62. The molecule has 1 aromatic heterocycles.